The molecule has 2 aromatic carbocycles. The van der Waals surface area contributed by atoms with E-state index in [0.717, 1.165) is 22.5 Å². The van der Waals surface area contributed by atoms with Crippen LogP contribution in [0.5, 0.6) is 5.75 Å². The maximum atomic E-state index is 12.9. The molecule has 0 radical (unpaired) electrons. The number of amides is 1. The Balaban J connectivity index is 1.29. The second kappa shape index (κ2) is 10.6. The van der Waals surface area contributed by atoms with Crippen LogP contribution in [0.1, 0.15) is 35.4 Å². The number of carbonyl (C=O) groups excluding carboxylic acids is 1. The maximum Gasteiger partial charge on any atom is 0.243 e. The fourth-order valence-corrected chi connectivity index (χ4v) is 5.90. The molecule has 3 aromatic rings. The Morgan fingerprint density at radius 2 is 1.74 bits per heavy atom. The zero-order valence-electron chi connectivity index (χ0n) is 20.4. The van der Waals surface area contributed by atoms with E-state index in [9.17, 15) is 13.2 Å². The number of nitrogens with one attached hydrogen (secondary N) is 1. The number of hydrogen-bond acceptors (Lipinski definition) is 5. The van der Waals surface area contributed by atoms with Gasteiger partial charge in [0.25, 0.3) is 0 Å². The van der Waals surface area contributed by atoms with Crippen LogP contribution in [-0.2, 0) is 27.9 Å². The summed E-state index contributed by atoms with van der Waals surface area (Å²) in [6.45, 7) is 5.79. The number of ether oxygens (including phenoxy) is 1. The van der Waals surface area contributed by atoms with Crippen molar-refractivity contribution in [3.05, 3.63) is 77.1 Å². The molecular weight excluding hydrogens is 464 g/mol. The number of carbonyl (C=O) groups is 1. The summed E-state index contributed by atoms with van der Waals surface area (Å²) in [5.41, 5.74) is 4.26. The number of aryl methyl sites for hydroxylation is 2. The predicted octanol–water partition coefficient (Wildman–Crippen LogP) is 3.27. The van der Waals surface area contributed by atoms with Gasteiger partial charge in [-0.2, -0.15) is 9.40 Å². The van der Waals surface area contributed by atoms with Crippen molar-refractivity contribution < 1.29 is 17.9 Å². The van der Waals surface area contributed by atoms with E-state index in [1.165, 1.54) is 4.31 Å². The summed E-state index contributed by atoms with van der Waals surface area (Å²) in [7, 11) is -2.04. The Hall–Kier alpha value is -3.17. The topological polar surface area (TPSA) is 93.5 Å². The Morgan fingerprint density at radius 3 is 2.37 bits per heavy atom. The van der Waals surface area contributed by atoms with Crippen molar-refractivity contribution in [2.45, 2.75) is 44.7 Å². The summed E-state index contributed by atoms with van der Waals surface area (Å²) >= 11 is 0. The van der Waals surface area contributed by atoms with Gasteiger partial charge >= 0.3 is 0 Å². The largest absolute Gasteiger partial charge is 0.497 e. The standard InChI is InChI=1S/C26H32N4O4S/c1-19-15-20(2)30(28-19)18-22-6-4-5-21(16-22)17-27-26(31)23-11-13-29(14-12-23)35(32,33)25-9-7-24(34-3)8-10-25/h4-10,15-16,23H,11-14,17-18H2,1-3H3,(H,27,31). The van der Waals surface area contributed by atoms with E-state index in [0.29, 0.717) is 44.8 Å². The summed E-state index contributed by atoms with van der Waals surface area (Å²) in [6, 6.07) is 16.6. The average Bonchev–Trinajstić information content (AvgIpc) is 3.19. The molecule has 0 bridgehead atoms. The molecular formula is C26H32N4O4S. The minimum absolute atomic E-state index is 0.0320. The van der Waals surface area contributed by atoms with Crippen molar-refractivity contribution in [1.29, 1.82) is 0 Å². The Morgan fingerprint density at radius 1 is 1.06 bits per heavy atom. The first kappa shape index (κ1) is 24.9. The van der Waals surface area contributed by atoms with Gasteiger partial charge in [-0.1, -0.05) is 24.3 Å². The first-order valence-electron chi connectivity index (χ1n) is 11.8. The number of aromatic nitrogens is 2. The summed E-state index contributed by atoms with van der Waals surface area (Å²) in [5, 5.41) is 7.55. The molecule has 1 N–H and O–H groups in total. The molecule has 0 atom stereocenters. The Kier molecular flexibility index (Phi) is 7.57. The summed E-state index contributed by atoms with van der Waals surface area (Å²) in [4.78, 5) is 13.0. The number of benzene rings is 2. The van der Waals surface area contributed by atoms with Gasteiger partial charge in [-0.15, -0.1) is 0 Å². The van der Waals surface area contributed by atoms with Gasteiger partial charge in [0.1, 0.15) is 5.75 Å². The molecule has 1 saturated heterocycles. The van der Waals surface area contributed by atoms with Crippen LogP contribution in [0.25, 0.3) is 0 Å². The first-order valence-corrected chi connectivity index (χ1v) is 13.2. The number of hydrogen-bond donors (Lipinski definition) is 1. The molecule has 0 aliphatic carbocycles. The van der Waals surface area contributed by atoms with E-state index in [2.05, 4.69) is 28.6 Å². The van der Waals surface area contributed by atoms with Crippen molar-refractivity contribution >= 4 is 15.9 Å². The van der Waals surface area contributed by atoms with E-state index in [4.69, 9.17) is 4.74 Å². The first-order chi connectivity index (χ1) is 16.8. The fraction of sp³-hybridized carbons (Fsp3) is 0.385. The molecule has 35 heavy (non-hydrogen) atoms. The van der Waals surface area contributed by atoms with Crippen molar-refractivity contribution in [3.63, 3.8) is 0 Å². The summed E-state index contributed by atoms with van der Waals surface area (Å²) < 4.78 is 34.4. The smallest absolute Gasteiger partial charge is 0.243 e. The van der Waals surface area contributed by atoms with Gasteiger partial charge in [0.15, 0.2) is 0 Å². The van der Waals surface area contributed by atoms with Gasteiger partial charge in [-0.05, 0) is 68.1 Å². The highest BCUT2D eigenvalue weighted by atomic mass is 32.2. The SMILES string of the molecule is COc1ccc(S(=O)(=O)N2CCC(C(=O)NCc3cccc(Cn4nc(C)cc4C)c3)CC2)cc1. The molecule has 1 aromatic heterocycles. The van der Waals surface area contributed by atoms with Gasteiger partial charge in [0, 0.05) is 31.2 Å². The van der Waals surface area contributed by atoms with Crippen LogP contribution in [0.3, 0.4) is 0 Å². The molecule has 2 heterocycles. The van der Waals surface area contributed by atoms with Crippen molar-refractivity contribution in [2.24, 2.45) is 5.92 Å². The lowest BCUT2D eigenvalue weighted by Gasteiger charge is -2.30. The summed E-state index contributed by atoms with van der Waals surface area (Å²) in [5.74, 6) is 0.377. The zero-order chi connectivity index (χ0) is 25.0. The fourth-order valence-electron chi connectivity index (χ4n) is 4.43. The molecule has 1 aliphatic rings. The second-order valence-corrected chi connectivity index (χ2v) is 10.9. The molecule has 1 fully saturated rings. The van der Waals surface area contributed by atoms with Crippen molar-refractivity contribution in [3.8, 4) is 5.75 Å². The van der Waals surface area contributed by atoms with E-state index < -0.39 is 10.0 Å². The lowest BCUT2D eigenvalue weighted by Crippen LogP contribution is -2.42. The molecule has 0 spiro atoms. The molecule has 0 unspecified atom stereocenters. The number of piperidine rings is 1. The third-order valence-electron chi connectivity index (χ3n) is 6.42. The summed E-state index contributed by atoms with van der Waals surface area (Å²) in [6.07, 6.45) is 0.998. The normalized spacial score (nSPS) is 15.2. The van der Waals surface area contributed by atoms with Crippen LogP contribution >= 0.6 is 0 Å². The maximum absolute atomic E-state index is 12.9. The molecule has 9 heteroatoms. The Labute approximate surface area is 207 Å². The monoisotopic (exact) mass is 496 g/mol. The van der Waals surface area contributed by atoms with Crippen molar-refractivity contribution in [1.82, 2.24) is 19.4 Å². The van der Waals surface area contributed by atoms with Crippen LogP contribution < -0.4 is 10.1 Å². The molecule has 1 amide bonds. The van der Waals surface area contributed by atoms with Gasteiger partial charge < -0.3 is 10.1 Å². The highest BCUT2D eigenvalue weighted by Crippen LogP contribution is 2.25. The molecule has 186 valence electrons. The third kappa shape index (κ3) is 5.91. The number of rotatable bonds is 8. The lowest BCUT2D eigenvalue weighted by molar-refractivity contribution is -0.126. The second-order valence-electron chi connectivity index (χ2n) is 8.98. The molecule has 8 nitrogen and oxygen atoms in total. The Bertz CT molecular complexity index is 1280. The van der Waals surface area contributed by atoms with Crippen molar-refractivity contribution in [2.75, 3.05) is 20.2 Å². The highest BCUT2D eigenvalue weighted by molar-refractivity contribution is 7.89. The van der Waals surface area contributed by atoms with E-state index in [-0.39, 0.29) is 16.7 Å². The highest BCUT2D eigenvalue weighted by Gasteiger charge is 2.32. The van der Waals surface area contributed by atoms with Crippen LogP contribution in [-0.4, -0.2) is 48.6 Å². The van der Waals surface area contributed by atoms with Crippen LogP contribution in [0.2, 0.25) is 0 Å². The van der Waals surface area contributed by atoms with Gasteiger partial charge in [-0.25, -0.2) is 8.42 Å². The van der Waals surface area contributed by atoms with Gasteiger partial charge in [0.2, 0.25) is 15.9 Å². The molecule has 4 rings (SSSR count). The number of methoxy groups -OCH3 is 1. The average molecular weight is 497 g/mol. The predicted molar refractivity (Wildman–Crippen MR) is 134 cm³/mol. The molecule has 0 saturated carbocycles. The quantitative estimate of drug-likeness (QED) is 0.517. The number of nitrogens with zero attached hydrogens (tertiary/aromatic N) is 3. The minimum Gasteiger partial charge on any atom is -0.497 e. The van der Waals surface area contributed by atoms with Crippen LogP contribution in [0, 0.1) is 19.8 Å². The van der Waals surface area contributed by atoms with Gasteiger partial charge in [-0.3, -0.25) is 9.48 Å². The zero-order valence-corrected chi connectivity index (χ0v) is 21.2. The van der Waals surface area contributed by atoms with Crippen LogP contribution in [0.15, 0.2) is 59.5 Å². The third-order valence-corrected chi connectivity index (χ3v) is 8.33. The van der Waals surface area contributed by atoms with E-state index in [1.807, 2.05) is 30.7 Å². The molecule has 1 aliphatic heterocycles. The van der Waals surface area contributed by atoms with Crippen LogP contribution in [0.4, 0.5) is 0 Å². The number of sulfonamides is 1. The van der Waals surface area contributed by atoms with Gasteiger partial charge in [0.05, 0.1) is 24.2 Å². The van der Waals surface area contributed by atoms with E-state index in [1.54, 1.807) is 31.4 Å². The minimum atomic E-state index is -3.58. The van der Waals surface area contributed by atoms with E-state index >= 15 is 0 Å². The lowest BCUT2D eigenvalue weighted by atomic mass is 9.97.